The molecule has 3 aromatic rings. The van der Waals surface area contributed by atoms with Crippen molar-refractivity contribution in [2.45, 2.75) is 0 Å². The third kappa shape index (κ3) is 1.50. The Morgan fingerprint density at radius 2 is 2.06 bits per heavy atom. The summed E-state index contributed by atoms with van der Waals surface area (Å²) in [6.07, 6.45) is 1.87. The van der Waals surface area contributed by atoms with E-state index in [1.54, 1.807) is 12.1 Å². The third-order valence-electron chi connectivity index (χ3n) is 2.83. The number of nitrogen functional groups attached to an aromatic ring is 1. The Morgan fingerprint density at radius 3 is 2.83 bits per heavy atom. The van der Waals surface area contributed by atoms with Gasteiger partial charge in [0.1, 0.15) is 17.2 Å². The van der Waals surface area contributed by atoms with E-state index in [1.807, 2.05) is 40.9 Å². The van der Waals surface area contributed by atoms with Gasteiger partial charge in [0, 0.05) is 11.8 Å². The number of imidazole rings is 1. The highest BCUT2D eigenvalue weighted by Crippen LogP contribution is 2.26. The monoisotopic (exact) mass is 234 g/mol. The first kappa shape index (κ1) is 10.4. The summed E-state index contributed by atoms with van der Waals surface area (Å²) < 4.78 is 1.83. The Hall–Kier alpha value is -2.80. The molecule has 0 aliphatic carbocycles. The van der Waals surface area contributed by atoms with Gasteiger partial charge in [-0.2, -0.15) is 5.26 Å². The van der Waals surface area contributed by atoms with E-state index in [4.69, 9.17) is 11.0 Å². The van der Waals surface area contributed by atoms with Crippen molar-refractivity contribution in [1.82, 2.24) is 9.38 Å². The van der Waals surface area contributed by atoms with Gasteiger partial charge in [0.15, 0.2) is 0 Å². The number of benzene rings is 1. The van der Waals surface area contributed by atoms with Crippen LogP contribution in [0.3, 0.4) is 0 Å². The van der Waals surface area contributed by atoms with Crippen molar-refractivity contribution in [1.29, 1.82) is 5.26 Å². The number of nitrogens with two attached hydrogens (primary N) is 1. The predicted molar refractivity (Wildman–Crippen MR) is 69.8 cm³/mol. The van der Waals surface area contributed by atoms with E-state index in [0.29, 0.717) is 17.1 Å². The zero-order valence-electron chi connectivity index (χ0n) is 9.54. The van der Waals surface area contributed by atoms with E-state index in [-0.39, 0.29) is 0 Å². The number of fused-ring (bicyclic) bond motifs is 1. The zero-order chi connectivity index (χ0) is 12.5. The summed E-state index contributed by atoms with van der Waals surface area (Å²) in [5.41, 5.74) is 9.04. The second-order valence-electron chi connectivity index (χ2n) is 3.97. The summed E-state index contributed by atoms with van der Waals surface area (Å²) in [7, 11) is 0. The fraction of sp³-hybridized carbons (Fsp3) is 0. The third-order valence-corrected chi connectivity index (χ3v) is 2.83. The first-order chi connectivity index (χ1) is 8.79. The molecule has 2 N–H and O–H groups in total. The number of hydrogen-bond donors (Lipinski definition) is 1. The van der Waals surface area contributed by atoms with Gasteiger partial charge >= 0.3 is 0 Å². The lowest BCUT2D eigenvalue weighted by Gasteiger charge is -1.99. The maximum absolute atomic E-state index is 8.91. The number of pyridine rings is 1. The van der Waals surface area contributed by atoms with Crippen LogP contribution in [0.15, 0.2) is 48.7 Å². The molecule has 0 aliphatic rings. The number of rotatable bonds is 1. The number of anilines is 1. The van der Waals surface area contributed by atoms with Crippen LogP contribution in [0.5, 0.6) is 0 Å². The number of aromatic nitrogens is 2. The first-order valence-corrected chi connectivity index (χ1v) is 5.52. The van der Waals surface area contributed by atoms with Crippen molar-refractivity contribution in [3.8, 4) is 17.3 Å². The van der Waals surface area contributed by atoms with Crippen molar-refractivity contribution in [2.75, 3.05) is 5.73 Å². The number of nitriles is 1. The largest absolute Gasteiger partial charge is 0.383 e. The molecular formula is C14H10N4. The van der Waals surface area contributed by atoms with E-state index >= 15 is 0 Å². The maximum Gasteiger partial charge on any atom is 0.139 e. The Bertz CT molecular complexity index is 765. The molecule has 0 radical (unpaired) electrons. The van der Waals surface area contributed by atoms with Gasteiger partial charge in [-0.25, -0.2) is 4.98 Å². The quantitative estimate of drug-likeness (QED) is 0.703. The summed E-state index contributed by atoms with van der Waals surface area (Å²) >= 11 is 0. The Balaban J connectivity index is 2.25. The molecule has 0 saturated carbocycles. The zero-order valence-corrected chi connectivity index (χ0v) is 9.54. The predicted octanol–water partition coefficient (Wildman–Crippen LogP) is 2.46. The standard InChI is InChI=1S/C14H10N4/c15-9-10-4-3-5-11(8-10)13-14(16)18-7-2-1-6-12(18)17-13/h1-8H,16H2. The minimum atomic E-state index is 0.584. The van der Waals surface area contributed by atoms with Gasteiger partial charge in [0.2, 0.25) is 0 Å². The average molecular weight is 234 g/mol. The van der Waals surface area contributed by atoms with Crippen LogP contribution in [-0.2, 0) is 0 Å². The smallest absolute Gasteiger partial charge is 0.139 e. The van der Waals surface area contributed by atoms with Crippen molar-refractivity contribution >= 4 is 11.5 Å². The molecule has 0 saturated heterocycles. The summed E-state index contributed by atoms with van der Waals surface area (Å²) in [5, 5.41) is 8.91. The highest BCUT2D eigenvalue weighted by atomic mass is 15.1. The fourth-order valence-corrected chi connectivity index (χ4v) is 1.96. The van der Waals surface area contributed by atoms with E-state index in [0.717, 1.165) is 11.2 Å². The van der Waals surface area contributed by atoms with Gasteiger partial charge in [-0.3, -0.25) is 4.40 Å². The van der Waals surface area contributed by atoms with Gasteiger partial charge in [-0.05, 0) is 24.3 Å². The number of nitrogens with zero attached hydrogens (tertiary/aromatic N) is 3. The van der Waals surface area contributed by atoms with Crippen LogP contribution in [0.2, 0.25) is 0 Å². The van der Waals surface area contributed by atoms with Gasteiger partial charge in [0.05, 0.1) is 11.6 Å². The van der Waals surface area contributed by atoms with E-state index in [2.05, 4.69) is 11.1 Å². The normalized spacial score (nSPS) is 10.4. The molecule has 0 fully saturated rings. The topological polar surface area (TPSA) is 67.1 Å². The fourth-order valence-electron chi connectivity index (χ4n) is 1.96. The molecule has 86 valence electrons. The van der Waals surface area contributed by atoms with Crippen LogP contribution >= 0.6 is 0 Å². The molecule has 0 amide bonds. The van der Waals surface area contributed by atoms with Crippen LogP contribution in [0, 0.1) is 11.3 Å². The molecule has 0 aliphatic heterocycles. The lowest BCUT2D eigenvalue weighted by molar-refractivity contribution is 1.20. The summed E-state index contributed by atoms with van der Waals surface area (Å²) in [5.74, 6) is 0.584. The van der Waals surface area contributed by atoms with Gasteiger partial charge in [-0.1, -0.05) is 18.2 Å². The van der Waals surface area contributed by atoms with Crippen molar-refractivity contribution in [3.05, 3.63) is 54.2 Å². The van der Waals surface area contributed by atoms with Crippen LogP contribution < -0.4 is 5.73 Å². The highest BCUT2D eigenvalue weighted by molar-refractivity contribution is 5.75. The lowest BCUT2D eigenvalue weighted by atomic mass is 10.1. The molecule has 4 heteroatoms. The van der Waals surface area contributed by atoms with Crippen LogP contribution in [-0.4, -0.2) is 9.38 Å². The minimum absolute atomic E-state index is 0.584. The molecule has 2 aromatic heterocycles. The molecule has 3 rings (SSSR count). The van der Waals surface area contributed by atoms with Gasteiger partial charge < -0.3 is 5.73 Å². The lowest BCUT2D eigenvalue weighted by Crippen LogP contribution is -1.93. The molecule has 0 atom stereocenters. The Labute approximate surface area is 104 Å². The van der Waals surface area contributed by atoms with Gasteiger partial charge in [0.25, 0.3) is 0 Å². The SMILES string of the molecule is N#Cc1cccc(-c2nc3ccccn3c2N)c1. The maximum atomic E-state index is 8.91. The van der Waals surface area contributed by atoms with Gasteiger partial charge in [-0.15, -0.1) is 0 Å². The highest BCUT2D eigenvalue weighted by Gasteiger charge is 2.10. The molecule has 0 unspecified atom stereocenters. The minimum Gasteiger partial charge on any atom is -0.383 e. The van der Waals surface area contributed by atoms with Crippen molar-refractivity contribution < 1.29 is 0 Å². The molecule has 18 heavy (non-hydrogen) atoms. The van der Waals surface area contributed by atoms with Crippen LogP contribution in [0.1, 0.15) is 5.56 Å². The van der Waals surface area contributed by atoms with E-state index < -0.39 is 0 Å². The summed E-state index contributed by atoms with van der Waals surface area (Å²) in [6, 6.07) is 15.1. The Morgan fingerprint density at radius 1 is 1.17 bits per heavy atom. The van der Waals surface area contributed by atoms with Crippen LogP contribution in [0.4, 0.5) is 5.82 Å². The van der Waals surface area contributed by atoms with Crippen molar-refractivity contribution in [3.63, 3.8) is 0 Å². The summed E-state index contributed by atoms with van der Waals surface area (Å²) in [4.78, 5) is 4.49. The summed E-state index contributed by atoms with van der Waals surface area (Å²) in [6.45, 7) is 0. The first-order valence-electron chi connectivity index (χ1n) is 5.52. The Kier molecular flexibility index (Phi) is 2.24. The van der Waals surface area contributed by atoms with E-state index in [9.17, 15) is 0 Å². The van der Waals surface area contributed by atoms with Crippen molar-refractivity contribution in [2.24, 2.45) is 0 Å². The molecule has 0 spiro atoms. The number of hydrogen-bond acceptors (Lipinski definition) is 3. The molecular weight excluding hydrogens is 224 g/mol. The molecule has 4 nitrogen and oxygen atoms in total. The second kappa shape index (κ2) is 3.90. The molecule has 1 aromatic carbocycles. The average Bonchev–Trinajstić information content (AvgIpc) is 2.77. The molecule has 2 heterocycles. The van der Waals surface area contributed by atoms with E-state index in [1.165, 1.54) is 0 Å². The molecule has 0 bridgehead atoms. The second-order valence-corrected chi connectivity index (χ2v) is 3.97. The van der Waals surface area contributed by atoms with Crippen LogP contribution in [0.25, 0.3) is 16.9 Å².